The minimum Gasteiger partial charge on any atom is -0.353 e. The zero-order valence-corrected chi connectivity index (χ0v) is 9.46. The van der Waals surface area contributed by atoms with Crippen molar-refractivity contribution < 1.29 is 9.59 Å². The first-order chi connectivity index (χ1) is 6.41. The molecule has 0 spiro atoms. The first-order valence-electron chi connectivity index (χ1n) is 4.89. The number of Topliss-reactive ketones (excluding diaryl/α,β-unsaturated/α-hetero) is 1. The maximum absolute atomic E-state index is 11.3. The standard InChI is InChI=1S/C10H20N2O2/c1-8(2)11-10(14)7-12(4)6-5-9(3)13/h8H,5-7H2,1-4H3,(H,11,14). The molecule has 0 atom stereocenters. The molecule has 4 heteroatoms. The van der Waals surface area contributed by atoms with Crippen molar-refractivity contribution >= 4 is 11.7 Å². The van der Waals surface area contributed by atoms with E-state index in [-0.39, 0.29) is 17.7 Å². The van der Waals surface area contributed by atoms with Gasteiger partial charge >= 0.3 is 0 Å². The Morgan fingerprint density at radius 2 is 1.93 bits per heavy atom. The van der Waals surface area contributed by atoms with Gasteiger partial charge in [0.25, 0.3) is 0 Å². The third-order valence-electron chi connectivity index (χ3n) is 1.71. The number of nitrogens with zero attached hydrogens (tertiary/aromatic N) is 1. The van der Waals surface area contributed by atoms with Crippen LogP contribution in [-0.4, -0.2) is 42.8 Å². The highest BCUT2D eigenvalue weighted by atomic mass is 16.2. The van der Waals surface area contributed by atoms with Crippen LogP contribution in [0.15, 0.2) is 0 Å². The summed E-state index contributed by atoms with van der Waals surface area (Å²) in [4.78, 5) is 23.8. The highest BCUT2D eigenvalue weighted by molar-refractivity contribution is 5.78. The normalized spacial score (nSPS) is 10.7. The molecule has 0 fully saturated rings. The second kappa shape index (κ2) is 6.54. The number of amides is 1. The molecule has 0 aromatic heterocycles. The van der Waals surface area contributed by atoms with Gasteiger partial charge in [0.05, 0.1) is 6.54 Å². The average molecular weight is 200 g/mol. The van der Waals surface area contributed by atoms with E-state index < -0.39 is 0 Å². The van der Waals surface area contributed by atoms with Gasteiger partial charge in [-0.05, 0) is 27.8 Å². The number of carbonyl (C=O) groups excluding carboxylic acids is 2. The number of hydrogen-bond acceptors (Lipinski definition) is 3. The van der Waals surface area contributed by atoms with Gasteiger partial charge in [0.15, 0.2) is 0 Å². The number of likely N-dealkylation sites (N-methyl/N-ethyl adjacent to an activating group) is 1. The first kappa shape index (κ1) is 13.1. The Hall–Kier alpha value is -0.900. The van der Waals surface area contributed by atoms with Crippen LogP contribution in [0.1, 0.15) is 27.2 Å². The molecule has 0 radical (unpaired) electrons. The van der Waals surface area contributed by atoms with E-state index in [1.54, 1.807) is 6.92 Å². The van der Waals surface area contributed by atoms with Crippen molar-refractivity contribution in [1.82, 2.24) is 10.2 Å². The van der Waals surface area contributed by atoms with Crippen LogP contribution < -0.4 is 5.32 Å². The van der Waals surface area contributed by atoms with Crippen LogP contribution in [0.4, 0.5) is 0 Å². The van der Waals surface area contributed by atoms with Crippen LogP contribution in [0.25, 0.3) is 0 Å². The summed E-state index contributed by atoms with van der Waals surface area (Å²) in [7, 11) is 1.84. The molecule has 82 valence electrons. The number of hydrogen-bond donors (Lipinski definition) is 1. The maximum Gasteiger partial charge on any atom is 0.234 e. The van der Waals surface area contributed by atoms with Crippen molar-refractivity contribution in [3.63, 3.8) is 0 Å². The summed E-state index contributed by atoms with van der Waals surface area (Å²) in [6.45, 7) is 6.40. The third-order valence-corrected chi connectivity index (χ3v) is 1.71. The summed E-state index contributed by atoms with van der Waals surface area (Å²) < 4.78 is 0. The Bertz CT molecular complexity index is 202. The largest absolute Gasteiger partial charge is 0.353 e. The van der Waals surface area contributed by atoms with E-state index in [9.17, 15) is 9.59 Å². The number of carbonyl (C=O) groups is 2. The molecule has 0 saturated carbocycles. The minimum atomic E-state index is 0.00560. The number of ketones is 1. The van der Waals surface area contributed by atoms with Gasteiger partial charge in [-0.2, -0.15) is 0 Å². The Morgan fingerprint density at radius 1 is 1.36 bits per heavy atom. The number of nitrogens with one attached hydrogen (secondary N) is 1. The fourth-order valence-electron chi connectivity index (χ4n) is 1.04. The molecule has 14 heavy (non-hydrogen) atoms. The Balaban J connectivity index is 3.65. The van der Waals surface area contributed by atoms with Gasteiger partial charge in [-0.1, -0.05) is 0 Å². The fourth-order valence-corrected chi connectivity index (χ4v) is 1.04. The van der Waals surface area contributed by atoms with Gasteiger partial charge in [0.2, 0.25) is 5.91 Å². The van der Waals surface area contributed by atoms with E-state index in [0.717, 1.165) is 0 Å². The monoisotopic (exact) mass is 200 g/mol. The summed E-state index contributed by atoms with van der Waals surface area (Å²) >= 11 is 0. The van der Waals surface area contributed by atoms with Crippen molar-refractivity contribution in [2.45, 2.75) is 33.2 Å². The molecule has 0 bridgehead atoms. The van der Waals surface area contributed by atoms with Gasteiger partial charge in [-0.3, -0.25) is 14.5 Å². The van der Waals surface area contributed by atoms with Gasteiger partial charge in [0, 0.05) is 19.0 Å². The summed E-state index contributed by atoms with van der Waals surface area (Å²) in [6, 6.07) is 0.170. The molecule has 1 N–H and O–H groups in total. The lowest BCUT2D eigenvalue weighted by atomic mass is 10.3. The Kier molecular flexibility index (Phi) is 6.12. The quantitative estimate of drug-likeness (QED) is 0.676. The van der Waals surface area contributed by atoms with Gasteiger partial charge < -0.3 is 5.32 Å². The van der Waals surface area contributed by atoms with E-state index in [1.165, 1.54) is 0 Å². The van der Waals surface area contributed by atoms with Crippen LogP contribution in [0.5, 0.6) is 0 Å². The van der Waals surface area contributed by atoms with Crippen LogP contribution in [-0.2, 0) is 9.59 Å². The fraction of sp³-hybridized carbons (Fsp3) is 0.800. The molecule has 0 aliphatic heterocycles. The molecule has 0 aromatic rings. The number of rotatable bonds is 6. The highest BCUT2D eigenvalue weighted by Crippen LogP contribution is 1.89. The summed E-state index contributed by atoms with van der Waals surface area (Å²) in [5, 5.41) is 2.80. The minimum absolute atomic E-state index is 0.00560. The summed E-state index contributed by atoms with van der Waals surface area (Å²) in [5.74, 6) is 0.159. The first-order valence-corrected chi connectivity index (χ1v) is 4.89. The van der Waals surface area contributed by atoms with Crippen molar-refractivity contribution in [3.8, 4) is 0 Å². The maximum atomic E-state index is 11.3. The van der Waals surface area contributed by atoms with Crippen LogP contribution >= 0.6 is 0 Å². The van der Waals surface area contributed by atoms with Crippen molar-refractivity contribution in [2.24, 2.45) is 0 Å². The Morgan fingerprint density at radius 3 is 2.36 bits per heavy atom. The average Bonchev–Trinajstić information content (AvgIpc) is 1.98. The molecule has 0 aliphatic carbocycles. The van der Waals surface area contributed by atoms with Gasteiger partial charge in [0.1, 0.15) is 5.78 Å². The molecular formula is C10H20N2O2. The second-order valence-electron chi connectivity index (χ2n) is 3.91. The zero-order valence-electron chi connectivity index (χ0n) is 9.46. The van der Waals surface area contributed by atoms with Crippen LogP contribution in [0.3, 0.4) is 0 Å². The molecular weight excluding hydrogens is 180 g/mol. The molecule has 1 amide bonds. The van der Waals surface area contributed by atoms with Crippen LogP contribution in [0, 0.1) is 0 Å². The third kappa shape index (κ3) is 7.73. The van der Waals surface area contributed by atoms with Gasteiger partial charge in [-0.25, -0.2) is 0 Å². The topological polar surface area (TPSA) is 49.4 Å². The summed E-state index contributed by atoms with van der Waals surface area (Å²) in [5.41, 5.74) is 0. The molecule has 0 aromatic carbocycles. The van der Waals surface area contributed by atoms with E-state index >= 15 is 0 Å². The van der Waals surface area contributed by atoms with Crippen molar-refractivity contribution in [3.05, 3.63) is 0 Å². The SMILES string of the molecule is CC(=O)CCN(C)CC(=O)NC(C)C. The molecule has 0 unspecified atom stereocenters. The lowest BCUT2D eigenvalue weighted by Crippen LogP contribution is -2.39. The predicted molar refractivity (Wildman–Crippen MR) is 56.1 cm³/mol. The van der Waals surface area contributed by atoms with E-state index in [2.05, 4.69) is 5.32 Å². The molecule has 0 saturated heterocycles. The molecule has 0 rings (SSSR count). The van der Waals surface area contributed by atoms with E-state index in [0.29, 0.717) is 19.5 Å². The Labute approximate surface area is 85.7 Å². The van der Waals surface area contributed by atoms with E-state index in [1.807, 2.05) is 25.8 Å². The van der Waals surface area contributed by atoms with Crippen LogP contribution in [0.2, 0.25) is 0 Å². The van der Waals surface area contributed by atoms with Gasteiger partial charge in [-0.15, -0.1) is 0 Å². The molecule has 0 aliphatic rings. The lowest BCUT2D eigenvalue weighted by Gasteiger charge is -2.16. The van der Waals surface area contributed by atoms with Crippen molar-refractivity contribution in [2.75, 3.05) is 20.1 Å². The highest BCUT2D eigenvalue weighted by Gasteiger charge is 2.07. The van der Waals surface area contributed by atoms with Crippen molar-refractivity contribution in [1.29, 1.82) is 0 Å². The zero-order chi connectivity index (χ0) is 11.1. The predicted octanol–water partition coefficient (Wildman–Crippen LogP) is 0.422. The second-order valence-corrected chi connectivity index (χ2v) is 3.91. The smallest absolute Gasteiger partial charge is 0.234 e. The lowest BCUT2D eigenvalue weighted by molar-refractivity contribution is -0.123. The summed E-state index contributed by atoms with van der Waals surface area (Å²) in [6.07, 6.45) is 0.505. The van der Waals surface area contributed by atoms with E-state index in [4.69, 9.17) is 0 Å². The molecule has 0 heterocycles. The molecule has 4 nitrogen and oxygen atoms in total.